The predicted octanol–water partition coefficient (Wildman–Crippen LogP) is 1.28. The van der Waals surface area contributed by atoms with Crippen molar-refractivity contribution in [2.75, 3.05) is 13.1 Å². The van der Waals surface area contributed by atoms with Gasteiger partial charge in [-0.2, -0.15) is 0 Å². The summed E-state index contributed by atoms with van der Waals surface area (Å²) in [6.07, 6.45) is 4.47. The monoisotopic (exact) mass is 168 g/mol. The Morgan fingerprint density at radius 1 is 1.67 bits per heavy atom. The number of hydrogen-bond acceptors (Lipinski definition) is 3. The van der Waals surface area contributed by atoms with Crippen molar-refractivity contribution in [2.45, 2.75) is 19.4 Å². The van der Waals surface area contributed by atoms with E-state index >= 15 is 0 Å². The standard InChI is InChI=1S/C9H16N2O/c1-8(11-5-2-4-10)9-3-6-12-7-9/h3,6-8,11H,2,4-5,10H2,1H3. The predicted molar refractivity (Wildman–Crippen MR) is 48.8 cm³/mol. The summed E-state index contributed by atoms with van der Waals surface area (Å²) in [5.74, 6) is 0. The number of nitrogens with one attached hydrogen (secondary N) is 1. The van der Waals surface area contributed by atoms with Crippen LogP contribution in [0.15, 0.2) is 23.0 Å². The van der Waals surface area contributed by atoms with E-state index in [0.29, 0.717) is 6.04 Å². The normalized spacial score (nSPS) is 13.2. The Bertz CT molecular complexity index is 196. The topological polar surface area (TPSA) is 51.2 Å². The molecule has 0 aliphatic heterocycles. The van der Waals surface area contributed by atoms with Crippen LogP contribution in [0.2, 0.25) is 0 Å². The molecule has 0 amide bonds. The molecule has 0 spiro atoms. The van der Waals surface area contributed by atoms with Crippen molar-refractivity contribution in [2.24, 2.45) is 5.73 Å². The van der Waals surface area contributed by atoms with Crippen LogP contribution in [0.5, 0.6) is 0 Å². The minimum atomic E-state index is 0.357. The zero-order chi connectivity index (χ0) is 8.81. The lowest BCUT2D eigenvalue weighted by molar-refractivity contribution is 0.534. The van der Waals surface area contributed by atoms with Gasteiger partial charge in [-0.3, -0.25) is 0 Å². The molecule has 3 N–H and O–H groups in total. The van der Waals surface area contributed by atoms with Crippen molar-refractivity contribution >= 4 is 0 Å². The third-order valence-electron chi connectivity index (χ3n) is 1.87. The van der Waals surface area contributed by atoms with E-state index in [4.69, 9.17) is 10.2 Å². The molecule has 1 unspecified atom stereocenters. The van der Waals surface area contributed by atoms with Gasteiger partial charge in [-0.25, -0.2) is 0 Å². The van der Waals surface area contributed by atoms with Gasteiger partial charge in [0.25, 0.3) is 0 Å². The maximum absolute atomic E-state index is 5.37. The summed E-state index contributed by atoms with van der Waals surface area (Å²) >= 11 is 0. The summed E-state index contributed by atoms with van der Waals surface area (Å²) in [7, 11) is 0. The van der Waals surface area contributed by atoms with Crippen LogP contribution in [-0.2, 0) is 0 Å². The van der Waals surface area contributed by atoms with Gasteiger partial charge in [-0.15, -0.1) is 0 Å². The third-order valence-corrected chi connectivity index (χ3v) is 1.87. The third kappa shape index (κ3) is 2.68. The highest BCUT2D eigenvalue weighted by molar-refractivity contribution is 5.09. The van der Waals surface area contributed by atoms with Crippen molar-refractivity contribution in [1.82, 2.24) is 5.32 Å². The zero-order valence-electron chi connectivity index (χ0n) is 7.42. The molecule has 0 aliphatic carbocycles. The first kappa shape index (κ1) is 9.29. The van der Waals surface area contributed by atoms with Crippen LogP contribution in [0.1, 0.15) is 24.9 Å². The fourth-order valence-electron chi connectivity index (χ4n) is 1.06. The highest BCUT2D eigenvalue weighted by atomic mass is 16.3. The lowest BCUT2D eigenvalue weighted by atomic mass is 10.2. The fourth-order valence-corrected chi connectivity index (χ4v) is 1.06. The van der Waals surface area contributed by atoms with E-state index in [-0.39, 0.29) is 0 Å². The van der Waals surface area contributed by atoms with Gasteiger partial charge in [0.05, 0.1) is 12.5 Å². The first-order chi connectivity index (χ1) is 5.84. The Morgan fingerprint density at radius 2 is 2.50 bits per heavy atom. The summed E-state index contributed by atoms with van der Waals surface area (Å²) in [5.41, 5.74) is 6.56. The van der Waals surface area contributed by atoms with E-state index in [1.165, 1.54) is 5.56 Å². The van der Waals surface area contributed by atoms with Gasteiger partial charge in [0.2, 0.25) is 0 Å². The van der Waals surface area contributed by atoms with E-state index in [2.05, 4.69) is 12.2 Å². The van der Waals surface area contributed by atoms with Crippen molar-refractivity contribution in [3.8, 4) is 0 Å². The average molecular weight is 168 g/mol. The van der Waals surface area contributed by atoms with Crippen molar-refractivity contribution < 1.29 is 4.42 Å². The molecular weight excluding hydrogens is 152 g/mol. The van der Waals surface area contributed by atoms with Gasteiger partial charge >= 0.3 is 0 Å². The molecule has 0 fully saturated rings. The average Bonchev–Trinajstić information content (AvgIpc) is 2.56. The second-order valence-electron chi connectivity index (χ2n) is 2.87. The van der Waals surface area contributed by atoms with Gasteiger partial charge in [0.1, 0.15) is 0 Å². The fraction of sp³-hybridized carbons (Fsp3) is 0.556. The maximum Gasteiger partial charge on any atom is 0.0950 e. The summed E-state index contributed by atoms with van der Waals surface area (Å²) in [6.45, 7) is 3.81. The van der Waals surface area contributed by atoms with Gasteiger partial charge < -0.3 is 15.5 Å². The smallest absolute Gasteiger partial charge is 0.0950 e. The van der Waals surface area contributed by atoms with Crippen LogP contribution in [0.25, 0.3) is 0 Å². The minimum absolute atomic E-state index is 0.357. The van der Waals surface area contributed by atoms with E-state index in [1.807, 2.05) is 6.07 Å². The van der Waals surface area contributed by atoms with E-state index in [0.717, 1.165) is 19.5 Å². The molecule has 1 heterocycles. The molecule has 12 heavy (non-hydrogen) atoms. The highest BCUT2D eigenvalue weighted by Crippen LogP contribution is 2.11. The number of hydrogen-bond donors (Lipinski definition) is 2. The van der Waals surface area contributed by atoms with Gasteiger partial charge in [-0.1, -0.05) is 0 Å². The second kappa shape index (κ2) is 4.95. The summed E-state index contributed by atoms with van der Waals surface area (Å²) in [4.78, 5) is 0. The summed E-state index contributed by atoms with van der Waals surface area (Å²) in [6, 6.07) is 2.33. The highest BCUT2D eigenvalue weighted by Gasteiger charge is 2.03. The Morgan fingerprint density at radius 3 is 3.08 bits per heavy atom. The largest absolute Gasteiger partial charge is 0.472 e. The molecule has 1 atom stereocenters. The first-order valence-electron chi connectivity index (χ1n) is 4.30. The van der Waals surface area contributed by atoms with Gasteiger partial charge in [0.15, 0.2) is 0 Å². The Hall–Kier alpha value is -0.800. The Balaban J connectivity index is 2.25. The van der Waals surface area contributed by atoms with Crippen molar-refractivity contribution in [1.29, 1.82) is 0 Å². The van der Waals surface area contributed by atoms with Crippen molar-refractivity contribution in [3.63, 3.8) is 0 Å². The van der Waals surface area contributed by atoms with Crippen LogP contribution in [0.4, 0.5) is 0 Å². The first-order valence-corrected chi connectivity index (χ1v) is 4.30. The lowest BCUT2D eigenvalue weighted by Gasteiger charge is -2.10. The Labute approximate surface area is 72.9 Å². The van der Waals surface area contributed by atoms with Crippen LogP contribution in [0.3, 0.4) is 0 Å². The molecule has 0 bridgehead atoms. The molecular formula is C9H16N2O. The SMILES string of the molecule is CC(NCCCN)c1ccoc1. The van der Waals surface area contributed by atoms with Crippen LogP contribution in [0, 0.1) is 0 Å². The quantitative estimate of drug-likeness (QED) is 0.651. The van der Waals surface area contributed by atoms with E-state index in [1.54, 1.807) is 12.5 Å². The molecule has 0 saturated carbocycles. The van der Waals surface area contributed by atoms with E-state index < -0.39 is 0 Å². The van der Waals surface area contributed by atoms with Crippen LogP contribution < -0.4 is 11.1 Å². The molecule has 1 aromatic rings. The molecule has 0 radical (unpaired) electrons. The number of furan rings is 1. The molecule has 1 aromatic heterocycles. The molecule has 68 valence electrons. The molecule has 1 rings (SSSR count). The molecule has 0 aliphatic rings. The van der Waals surface area contributed by atoms with Gasteiger partial charge in [-0.05, 0) is 32.5 Å². The molecule has 3 nitrogen and oxygen atoms in total. The summed E-state index contributed by atoms with van der Waals surface area (Å²) in [5, 5.41) is 3.35. The summed E-state index contributed by atoms with van der Waals surface area (Å²) < 4.78 is 4.98. The Kier molecular flexibility index (Phi) is 3.84. The number of rotatable bonds is 5. The minimum Gasteiger partial charge on any atom is -0.472 e. The molecule has 0 saturated heterocycles. The van der Waals surface area contributed by atoms with Gasteiger partial charge in [0, 0.05) is 11.6 Å². The number of nitrogens with two attached hydrogens (primary N) is 1. The zero-order valence-corrected chi connectivity index (χ0v) is 7.42. The van der Waals surface area contributed by atoms with E-state index in [9.17, 15) is 0 Å². The van der Waals surface area contributed by atoms with Crippen molar-refractivity contribution in [3.05, 3.63) is 24.2 Å². The second-order valence-corrected chi connectivity index (χ2v) is 2.87. The maximum atomic E-state index is 5.37. The molecule has 3 heteroatoms. The van der Waals surface area contributed by atoms with Crippen LogP contribution in [-0.4, -0.2) is 13.1 Å². The lowest BCUT2D eigenvalue weighted by Crippen LogP contribution is -2.21. The van der Waals surface area contributed by atoms with Crippen LogP contribution >= 0.6 is 0 Å². The molecule has 0 aromatic carbocycles.